The van der Waals surface area contributed by atoms with Crippen molar-refractivity contribution >= 4 is 63.3 Å². The number of benzene rings is 1. The molecule has 0 aromatic heterocycles. The van der Waals surface area contributed by atoms with E-state index in [4.69, 9.17) is 0 Å². The van der Waals surface area contributed by atoms with Crippen molar-refractivity contribution < 1.29 is 14.7 Å². The first-order chi connectivity index (χ1) is 8.54. The Morgan fingerprint density at radius 3 is 2.58 bits per heavy atom. The standard InChI is InChI=1S/C14H17NO3.K.H/c1-14(13(17)18)8-5-9-15(12(14)16)10-11-6-3-2-4-7-11;;/h2-4,6-7H,5,8-10H2,1H3,(H,17,18);;. The third-order valence-electron chi connectivity index (χ3n) is 3.55. The molecule has 98 valence electrons. The number of piperidine rings is 1. The van der Waals surface area contributed by atoms with Gasteiger partial charge >= 0.3 is 57.4 Å². The number of likely N-dealkylation sites (tertiary alicyclic amines) is 1. The summed E-state index contributed by atoms with van der Waals surface area (Å²) in [6, 6.07) is 9.64. The van der Waals surface area contributed by atoms with Crippen molar-refractivity contribution in [3.8, 4) is 0 Å². The molecule has 0 bridgehead atoms. The Bertz CT molecular complexity index is 463. The predicted octanol–water partition coefficient (Wildman–Crippen LogP) is 1.25. The molecule has 1 unspecified atom stereocenters. The number of aliphatic carboxylic acids is 1. The van der Waals surface area contributed by atoms with E-state index in [0.29, 0.717) is 19.5 Å². The minimum atomic E-state index is -1.26. The molecule has 1 aromatic carbocycles. The summed E-state index contributed by atoms with van der Waals surface area (Å²) in [7, 11) is 0. The van der Waals surface area contributed by atoms with Gasteiger partial charge in [-0.3, -0.25) is 9.59 Å². The van der Waals surface area contributed by atoms with Crippen LogP contribution in [-0.2, 0) is 16.1 Å². The van der Waals surface area contributed by atoms with Crippen molar-refractivity contribution in [1.82, 2.24) is 4.90 Å². The van der Waals surface area contributed by atoms with Gasteiger partial charge in [-0.05, 0) is 25.3 Å². The first-order valence-corrected chi connectivity index (χ1v) is 6.11. The van der Waals surface area contributed by atoms with E-state index in [-0.39, 0.29) is 57.3 Å². The van der Waals surface area contributed by atoms with Gasteiger partial charge in [0.25, 0.3) is 0 Å². The van der Waals surface area contributed by atoms with Crippen LogP contribution in [0.4, 0.5) is 0 Å². The van der Waals surface area contributed by atoms with Crippen LogP contribution in [0.25, 0.3) is 0 Å². The molecule has 0 radical (unpaired) electrons. The van der Waals surface area contributed by atoms with Crippen LogP contribution in [0, 0.1) is 5.41 Å². The molecule has 5 heteroatoms. The molecule has 0 saturated carbocycles. The second-order valence-corrected chi connectivity index (χ2v) is 4.95. The van der Waals surface area contributed by atoms with Gasteiger partial charge in [-0.2, -0.15) is 0 Å². The summed E-state index contributed by atoms with van der Waals surface area (Å²) < 4.78 is 0. The molecular formula is C14H18KNO3. The summed E-state index contributed by atoms with van der Waals surface area (Å²) >= 11 is 0. The van der Waals surface area contributed by atoms with Crippen LogP contribution in [0.1, 0.15) is 25.3 Å². The molecule has 0 spiro atoms. The van der Waals surface area contributed by atoms with Crippen LogP contribution in [0.5, 0.6) is 0 Å². The Hall–Kier alpha value is -0.204. The van der Waals surface area contributed by atoms with E-state index >= 15 is 0 Å². The average molecular weight is 287 g/mol. The zero-order chi connectivity index (χ0) is 13.2. The van der Waals surface area contributed by atoms with E-state index in [1.54, 1.807) is 4.90 Å². The molecule has 1 atom stereocenters. The molecule has 2 rings (SSSR count). The SMILES string of the molecule is CC1(C(=O)O)CCCN(Cc2ccccc2)C1=O.[KH]. The maximum atomic E-state index is 12.2. The van der Waals surface area contributed by atoms with Gasteiger partial charge in [-0.15, -0.1) is 0 Å². The number of carbonyl (C=O) groups excluding carboxylic acids is 1. The van der Waals surface area contributed by atoms with Gasteiger partial charge in [0.15, 0.2) is 0 Å². The fourth-order valence-electron chi connectivity index (χ4n) is 2.33. The van der Waals surface area contributed by atoms with Gasteiger partial charge in [-0.1, -0.05) is 30.3 Å². The van der Waals surface area contributed by atoms with Crippen LogP contribution >= 0.6 is 0 Å². The average Bonchev–Trinajstić information content (AvgIpc) is 2.36. The molecular weight excluding hydrogens is 269 g/mol. The summed E-state index contributed by atoms with van der Waals surface area (Å²) in [5.74, 6) is -1.30. The number of carboxylic acids is 1. The van der Waals surface area contributed by atoms with E-state index in [9.17, 15) is 14.7 Å². The van der Waals surface area contributed by atoms with Gasteiger partial charge < -0.3 is 10.0 Å². The molecule has 1 saturated heterocycles. The second-order valence-electron chi connectivity index (χ2n) is 4.95. The Morgan fingerprint density at radius 2 is 2.00 bits per heavy atom. The summed E-state index contributed by atoms with van der Waals surface area (Å²) in [4.78, 5) is 25.1. The van der Waals surface area contributed by atoms with Gasteiger partial charge in [0.1, 0.15) is 5.41 Å². The molecule has 0 aliphatic carbocycles. The van der Waals surface area contributed by atoms with Crippen LogP contribution in [0.3, 0.4) is 0 Å². The number of amides is 1. The predicted molar refractivity (Wildman–Crippen MR) is 74.0 cm³/mol. The second kappa shape index (κ2) is 6.99. The summed E-state index contributed by atoms with van der Waals surface area (Å²) in [5, 5.41) is 9.20. The molecule has 1 heterocycles. The molecule has 4 nitrogen and oxygen atoms in total. The number of carboxylic acid groups (broad SMARTS) is 1. The van der Waals surface area contributed by atoms with E-state index < -0.39 is 11.4 Å². The Balaban J connectivity index is 0.00000180. The number of hydrogen-bond donors (Lipinski definition) is 1. The molecule has 1 aliphatic rings. The zero-order valence-corrected chi connectivity index (χ0v) is 10.4. The number of rotatable bonds is 3. The monoisotopic (exact) mass is 287 g/mol. The fraction of sp³-hybridized carbons (Fsp3) is 0.429. The Morgan fingerprint density at radius 1 is 1.37 bits per heavy atom. The molecule has 1 fully saturated rings. The molecule has 19 heavy (non-hydrogen) atoms. The first kappa shape index (κ1) is 16.8. The van der Waals surface area contributed by atoms with E-state index in [1.807, 2.05) is 30.3 Å². The van der Waals surface area contributed by atoms with Crippen LogP contribution < -0.4 is 0 Å². The van der Waals surface area contributed by atoms with Crippen LogP contribution in [-0.4, -0.2) is 79.8 Å². The van der Waals surface area contributed by atoms with E-state index in [0.717, 1.165) is 12.0 Å². The van der Waals surface area contributed by atoms with E-state index in [1.165, 1.54) is 6.92 Å². The minimum absolute atomic E-state index is 0. The number of hydrogen-bond acceptors (Lipinski definition) is 2. The Kier molecular flexibility index (Phi) is 6.20. The first-order valence-electron chi connectivity index (χ1n) is 6.11. The van der Waals surface area contributed by atoms with Crippen molar-refractivity contribution in [1.29, 1.82) is 0 Å². The summed E-state index contributed by atoms with van der Waals surface area (Å²) in [6.07, 6.45) is 1.16. The molecule has 1 N–H and O–H groups in total. The van der Waals surface area contributed by atoms with Crippen molar-refractivity contribution in [3.05, 3.63) is 35.9 Å². The topological polar surface area (TPSA) is 57.6 Å². The molecule has 1 aromatic rings. The third kappa shape index (κ3) is 3.67. The van der Waals surface area contributed by atoms with Crippen molar-refractivity contribution in [2.45, 2.75) is 26.3 Å². The van der Waals surface area contributed by atoms with Gasteiger partial charge in [0.05, 0.1) is 0 Å². The fourth-order valence-corrected chi connectivity index (χ4v) is 2.33. The zero-order valence-electron chi connectivity index (χ0n) is 10.4. The van der Waals surface area contributed by atoms with Crippen molar-refractivity contribution in [3.63, 3.8) is 0 Å². The van der Waals surface area contributed by atoms with Gasteiger partial charge in [-0.25, -0.2) is 0 Å². The van der Waals surface area contributed by atoms with E-state index in [2.05, 4.69) is 0 Å². The Labute approximate surface area is 155 Å². The van der Waals surface area contributed by atoms with Gasteiger partial charge in [0.2, 0.25) is 5.91 Å². The quantitative estimate of drug-likeness (QED) is 0.672. The van der Waals surface area contributed by atoms with Gasteiger partial charge in [0, 0.05) is 13.1 Å². The van der Waals surface area contributed by atoms with Crippen molar-refractivity contribution in [2.75, 3.05) is 6.54 Å². The molecule has 1 amide bonds. The van der Waals surface area contributed by atoms with Crippen LogP contribution in [0.2, 0.25) is 0 Å². The number of nitrogens with zero attached hydrogens (tertiary/aromatic N) is 1. The normalized spacial score (nSPS) is 22.8. The van der Waals surface area contributed by atoms with Crippen molar-refractivity contribution in [2.24, 2.45) is 5.41 Å². The summed E-state index contributed by atoms with van der Waals surface area (Å²) in [6.45, 7) is 2.65. The summed E-state index contributed by atoms with van der Waals surface area (Å²) in [5.41, 5.74) is -0.229. The molecule has 1 aliphatic heterocycles. The van der Waals surface area contributed by atoms with Crippen LogP contribution in [0.15, 0.2) is 30.3 Å². The number of carbonyl (C=O) groups is 2. The third-order valence-corrected chi connectivity index (χ3v) is 3.55. The maximum absolute atomic E-state index is 12.2.